The van der Waals surface area contributed by atoms with Crippen molar-refractivity contribution in [3.8, 4) is 0 Å². The first-order chi connectivity index (χ1) is 12.3. The van der Waals surface area contributed by atoms with Crippen LogP contribution < -0.4 is 0 Å². The zero-order valence-electron chi connectivity index (χ0n) is 19.6. The molecule has 0 aliphatic heterocycles. The van der Waals surface area contributed by atoms with Crippen LogP contribution in [0.15, 0.2) is 36.5 Å². The van der Waals surface area contributed by atoms with E-state index < -0.39 is 0 Å². The summed E-state index contributed by atoms with van der Waals surface area (Å²) in [5, 5.41) is 0. The minimum absolute atomic E-state index is 0.280. The van der Waals surface area contributed by atoms with Crippen LogP contribution in [-0.4, -0.2) is 0 Å². The molecule has 27 heavy (non-hydrogen) atoms. The molecule has 5 atom stereocenters. The van der Waals surface area contributed by atoms with Crippen molar-refractivity contribution in [2.24, 2.45) is 46.3 Å². The fourth-order valence-electron chi connectivity index (χ4n) is 5.63. The molecule has 0 bridgehead atoms. The Hall–Kier alpha value is -0.780. The molecule has 0 nitrogen and oxygen atoms in total. The molecule has 0 saturated heterocycles. The molecular weight excluding hydrogens is 324 g/mol. The van der Waals surface area contributed by atoms with Crippen molar-refractivity contribution in [2.45, 2.75) is 87.5 Å². The van der Waals surface area contributed by atoms with Crippen LogP contribution in [-0.2, 0) is 0 Å². The van der Waals surface area contributed by atoms with Gasteiger partial charge in [-0.15, -0.1) is 0 Å². The van der Waals surface area contributed by atoms with E-state index in [1.54, 1.807) is 0 Å². The van der Waals surface area contributed by atoms with E-state index in [4.69, 9.17) is 0 Å². The van der Waals surface area contributed by atoms with Crippen molar-refractivity contribution < 1.29 is 0 Å². The maximum Gasteiger partial charge on any atom is -0.0128 e. The number of allylic oxidation sites excluding steroid dienone is 3. The van der Waals surface area contributed by atoms with Crippen molar-refractivity contribution in [3.05, 3.63) is 36.5 Å². The lowest BCUT2D eigenvalue weighted by molar-refractivity contribution is 0.242. The van der Waals surface area contributed by atoms with Gasteiger partial charge in [-0.2, -0.15) is 0 Å². The average Bonchev–Trinajstić information content (AvgIpc) is 3.45. The molecule has 154 valence electrons. The lowest BCUT2D eigenvalue weighted by Crippen LogP contribution is -2.26. The molecule has 0 aromatic heterocycles. The van der Waals surface area contributed by atoms with Crippen LogP contribution in [0.5, 0.6) is 0 Å². The monoisotopic (exact) mass is 370 g/mol. The van der Waals surface area contributed by atoms with Gasteiger partial charge in [0.05, 0.1) is 0 Å². The molecule has 0 spiro atoms. The smallest absolute Gasteiger partial charge is 0.0128 e. The summed E-state index contributed by atoms with van der Waals surface area (Å²) in [6.45, 7) is 32.3. The van der Waals surface area contributed by atoms with Crippen molar-refractivity contribution in [1.29, 1.82) is 0 Å². The third-order valence-electron chi connectivity index (χ3n) is 8.25. The average molecular weight is 371 g/mol. The second kappa shape index (κ2) is 7.92. The lowest BCUT2D eigenvalue weighted by atomic mass is 9.69. The van der Waals surface area contributed by atoms with Crippen molar-refractivity contribution in [1.82, 2.24) is 0 Å². The Kier molecular flexibility index (Phi) is 6.60. The van der Waals surface area contributed by atoms with Crippen molar-refractivity contribution in [3.63, 3.8) is 0 Å². The summed E-state index contributed by atoms with van der Waals surface area (Å²) in [5.74, 6) is 4.36. The zero-order chi connectivity index (χ0) is 20.7. The Labute approximate surface area is 170 Å². The molecule has 0 heteroatoms. The van der Waals surface area contributed by atoms with E-state index in [2.05, 4.69) is 75.1 Å². The van der Waals surface area contributed by atoms with Crippen molar-refractivity contribution in [2.75, 3.05) is 0 Å². The van der Waals surface area contributed by atoms with E-state index >= 15 is 0 Å². The Balaban J connectivity index is 2.32. The first kappa shape index (κ1) is 22.5. The summed E-state index contributed by atoms with van der Waals surface area (Å²) in [7, 11) is 0. The molecule has 0 heterocycles. The van der Waals surface area contributed by atoms with Gasteiger partial charge in [0.1, 0.15) is 0 Å². The van der Waals surface area contributed by atoms with Crippen LogP contribution in [0.3, 0.4) is 0 Å². The van der Waals surface area contributed by atoms with Gasteiger partial charge < -0.3 is 0 Å². The third kappa shape index (κ3) is 4.99. The first-order valence-electron chi connectivity index (χ1n) is 11.3. The fraction of sp³-hybridized carbons (Fsp3) is 0.778. The SMILES string of the molecule is C=C(C)C(=C)C(CC1CC1)C(CC(=C)C(C)C(C)(C)C)C1C(CC)C1(C)C. The summed E-state index contributed by atoms with van der Waals surface area (Å²) in [6, 6.07) is 0. The van der Waals surface area contributed by atoms with Gasteiger partial charge in [-0.05, 0) is 71.7 Å². The second-order valence-electron chi connectivity index (χ2n) is 11.6. The number of hydrogen-bond acceptors (Lipinski definition) is 0. The van der Waals surface area contributed by atoms with Gasteiger partial charge in [-0.3, -0.25) is 0 Å². The van der Waals surface area contributed by atoms with Crippen molar-refractivity contribution >= 4 is 0 Å². The third-order valence-corrected chi connectivity index (χ3v) is 8.25. The molecule has 0 radical (unpaired) electrons. The summed E-state index contributed by atoms with van der Waals surface area (Å²) < 4.78 is 0. The highest BCUT2D eigenvalue weighted by molar-refractivity contribution is 5.29. The summed E-state index contributed by atoms with van der Waals surface area (Å²) in [5.41, 5.74) is 4.69. The Bertz CT molecular complexity index is 578. The van der Waals surface area contributed by atoms with Crippen LogP contribution in [0.25, 0.3) is 0 Å². The lowest BCUT2D eigenvalue weighted by Gasteiger charge is -2.36. The Morgan fingerprint density at radius 1 is 1.11 bits per heavy atom. The van der Waals surface area contributed by atoms with E-state index in [0.717, 1.165) is 24.2 Å². The summed E-state index contributed by atoms with van der Waals surface area (Å²) in [6.07, 6.45) is 6.60. The normalized spacial score (nSPS) is 27.6. The fourth-order valence-corrected chi connectivity index (χ4v) is 5.63. The maximum absolute atomic E-state index is 4.60. The highest BCUT2D eigenvalue weighted by Crippen LogP contribution is 2.67. The molecule has 5 unspecified atom stereocenters. The van der Waals surface area contributed by atoms with Crippen LogP contribution in [0.1, 0.15) is 87.5 Å². The Morgan fingerprint density at radius 3 is 2.04 bits per heavy atom. The predicted molar refractivity (Wildman–Crippen MR) is 122 cm³/mol. The van der Waals surface area contributed by atoms with Gasteiger partial charge in [0.15, 0.2) is 0 Å². The molecule has 2 aliphatic rings. The first-order valence-corrected chi connectivity index (χ1v) is 11.3. The largest absolute Gasteiger partial charge is 0.0996 e. The highest BCUT2D eigenvalue weighted by Gasteiger charge is 2.60. The molecule has 2 aliphatic carbocycles. The van der Waals surface area contributed by atoms with E-state index in [1.807, 2.05) is 0 Å². The van der Waals surface area contributed by atoms with E-state index in [9.17, 15) is 0 Å². The Morgan fingerprint density at radius 2 is 1.67 bits per heavy atom. The van der Waals surface area contributed by atoms with Crippen LogP contribution in [0, 0.1) is 46.3 Å². The number of rotatable bonds is 10. The van der Waals surface area contributed by atoms with Gasteiger partial charge >= 0.3 is 0 Å². The van der Waals surface area contributed by atoms with Gasteiger partial charge in [0, 0.05) is 0 Å². The topological polar surface area (TPSA) is 0 Å². The zero-order valence-corrected chi connectivity index (χ0v) is 19.6. The van der Waals surface area contributed by atoms with Crippen LogP contribution in [0.4, 0.5) is 0 Å². The van der Waals surface area contributed by atoms with E-state index in [0.29, 0.717) is 23.2 Å². The van der Waals surface area contributed by atoms with Gasteiger partial charge in [0.2, 0.25) is 0 Å². The van der Waals surface area contributed by atoms with Crippen LogP contribution >= 0.6 is 0 Å². The minimum Gasteiger partial charge on any atom is -0.0996 e. The predicted octanol–water partition coefficient (Wildman–Crippen LogP) is 8.46. The molecule has 2 rings (SSSR count). The highest BCUT2D eigenvalue weighted by atomic mass is 14.6. The quantitative estimate of drug-likeness (QED) is 0.267. The van der Waals surface area contributed by atoms with E-state index in [-0.39, 0.29) is 5.41 Å². The summed E-state index contributed by atoms with van der Waals surface area (Å²) >= 11 is 0. The van der Waals surface area contributed by atoms with Gasteiger partial charge in [-0.1, -0.05) is 98.6 Å². The maximum atomic E-state index is 4.60. The molecule has 0 amide bonds. The summed E-state index contributed by atoms with van der Waals surface area (Å²) in [4.78, 5) is 0. The molecule has 0 N–H and O–H groups in total. The van der Waals surface area contributed by atoms with Gasteiger partial charge in [0.25, 0.3) is 0 Å². The number of hydrogen-bond donors (Lipinski definition) is 0. The van der Waals surface area contributed by atoms with Crippen LogP contribution in [0.2, 0.25) is 0 Å². The minimum atomic E-state index is 0.280. The van der Waals surface area contributed by atoms with E-state index in [1.165, 1.54) is 42.4 Å². The second-order valence-corrected chi connectivity index (χ2v) is 11.6. The standard InChI is InChI=1S/C27H46/c1-12-24-25(27(24,10)11)23(15-18(4)20(6)26(7,8)9)22(16-21-13-14-21)19(5)17(2)3/h20-25H,2,4-5,12-16H2,1,3,6-11H3. The van der Waals surface area contributed by atoms with Gasteiger partial charge in [-0.25, -0.2) is 0 Å². The molecular formula is C27H46. The molecule has 0 aromatic carbocycles. The molecule has 2 saturated carbocycles. The molecule has 0 aromatic rings. The molecule has 2 fully saturated rings.